The number of benzene rings is 2. The summed E-state index contributed by atoms with van der Waals surface area (Å²) in [6.45, 7) is 13.8. The topological polar surface area (TPSA) is 46.1 Å². The number of aryl methyl sites for hydroxylation is 1. The Morgan fingerprint density at radius 3 is 2.65 bits per heavy atom. The van der Waals surface area contributed by atoms with Crippen LogP contribution in [0.5, 0.6) is 0 Å². The van der Waals surface area contributed by atoms with Gasteiger partial charge in [0.25, 0.3) is 0 Å². The van der Waals surface area contributed by atoms with Gasteiger partial charge >= 0.3 is 0 Å². The molecule has 0 bridgehead atoms. The lowest BCUT2D eigenvalue weighted by Crippen LogP contribution is -2.39. The zero-order chi connectivity index (χ0) is 24.0. The predicted octanol–water partition coefficient (Wildman–Crippen LogP) is 5.93. The first-order chi connectivity index (χ1) is 16.4. The van der Waals surface area contributed by atoms with Crippen LogP contribution in [0.15, 0.2) is 36.9 Å². The van der Waals surface area contributed by atoms with E-state index in [1.54, 1.807) is 0 Å². The molecule has 0 amide bonds. The molecule has 1 aromatic heterocycles. The van der Waals surface area contributed by atoms with Crippen LogP contribution in [0.25, 0.3) is 17.0 Å². The van der Waals surface area contributed by atoms with E-state index >= 15 is 0 Å². The van der Waals surface area contributed by atoms with Crippen molar-refractivity contribution in [1.82, 2.24) is 9.88 Å². The second-order valence-corrected chi connectivity index (χ2v) is 10.2. The number of aromatic nitrogens is 1. The average molecular weight is 449 g/mol. The molecule has 0 radical (unpaired) electrons. The van der Waals surface area contributed by atoms with Crippen LogP contribution in [0.2, 0.25) is 0 Å². The van der Waals surface area contributed by atoms with E-state index in [-0.39, 0.29) is 5.41 Å². The van der Waals surface area contributed by atoms with Crippen molar-refractivity contribution in [2.24, 2.45) is 0 Å². The second-order valence-electron chi connectivity index (χ2n) is 10.2. The number of anilines is 1. The first kappa shape index (κ1) is 22.3. The number of fused-ring (bicyclic) bond motifs is 1. The Morgan fingerprint density at radius 1 is 1.21 bits per heavy atom. The highest BCUT2D eigenvalue weighted by molar-refractivity contribution is 5.86. The molecule has 2 heterocycles. The molecule has 1 saturated heterocycles. The molecule has 0 unspecified atom stereocenters. The van der Waals surface area contributed by atoms with E-state index in [1.165, 1.54) is 30.4 Å². The molecule has 4 heteroatoms. The number of hydrogen-bond donors (Lipinski definition) is 1. The molecule has 2 fully saturated rings. The molecular formula is C30H32N4. The molecule has 5 rings (SSSR count). The monoisotopic (exact) mass is 448 g/mol. The summed E-state index contributed by atoms with van der Waals surface area (Å²) < 4.78 is 0. The first-order valence-corrected chi connectivity index (χ1v) is 12.2. The fourth-order valence-corrected chi connectivity index (χ4v) is 5.72. The number of terminal acetylenes is 1. The lowest BCUT2D eigenvalue weighted by molar-refractivity contribution is 0.160. The normalized spacial score (nSPS) is 16.9. The van der Waals surface area contributed by atoms with E-state index in [4.69, 9.17) is 6.42 Å². The molecule has 172 valence electrons. The highest BCUT2D eigenvalue weighted by Crippen LogP contribution is 2.41. The summed E-state index contributed by atoms with van der Waals surface area (Å²) >= 11 is 0. The molecule has 4 nitrogen and oxygen atoms in total. The SMILES string of the molecule is C#Cc1cc(C=C)c(C(C)(C)c2[nH]c3cc(C#N)ccc3c2C)cc1N1CCN(C2CCC2)C1. The first-order valence-electron chi connectivity index (χ1n) is 12.2. The summed E-state index contributed by atoms with van der Waals surface area (Å²) in [4.78, 5) is 8.68. The third-order valence-corrected chi connectivity index (χ3v) is 7.97. The van der Waals surface area contributed by atoms with Gasteiger partial charge in [-0.2, -0.15) is 5.26 Å². The molecule has 0 atom stereocenters. The van der Waals surface area contributed by atoms with Gasteiger partial charge in [0.15, 0.2) is 0 Å². The van der Waals surface area contributed by atoms with E-state index in [1.807, 2.05) is 24.3 Å². The molecule has 34 heavy (non-hydrogen) atoms. The molecule has 0 spiro atoms. The third-order valence-electron chi connectivity index (χ3n) is 7.97. The predicted molar refractivity (Wildman–Crippen MR) is 141 cm³/mol. The Kier molecular flexibility index (Phi) is 5.51. The molecule has 3 aromatic rings. The summed E-state index contributed by atoms with van der Waals surface area (Å²) in [5.41, 5.74) is 8.04. The van der Waals surface area contributed by atoms with Crippen LogP contribution in [-0.4, -0.2) is 35.7 Å². The lowest BCUT2D eigenvalue weighted by Gasteiger charge is -2.35. The highest BCUT2D eigenvalue weighted by Gasteiger charge is 2.34. The van der Waals surface area contributed by atoms with Gasteiger partial charge in [-0.1, -0.05) is 44.9 Å². The molecule has 1 N–H and O–H groups in total. The number of nitrogens with zero attached hydrogens (tertiary/aromatic N) is 3. The van der Waals surface area contributed by atoms with Gasteiger partial charge in [-0.15, -0.1) is 6.42 Å². The quantitative estimate of drug-likeness (QED) is 0.492. The van der Waals surface area contributed by atoms with Crippen molar-refractivity contribution in [2.75, 3.05) is 24.7 Å². The Labute approximate surface area is 202 Å². The molecule has 1 aliphatic heterocycles. The van der Waals surface area contributed by atoms with Crippen molar-refractivity contribution in [3.8, 4) is 18.4 Å². The van der Waals surface area contributed by atoms with Crippen molar-refractivity contribution in [3.05, 3.63) is 70.4 Å². The van der Waals surface area contributed by atoms with Crippen LogP contribution in [0.1, 0.15) is 66.6 Å². The van der Waals surface area contributed by atoms with Gasteiger partial charge in [0.1, 0.15) is 0 Å². The maximum Gasteiger partial charge on any atom is 0.0992 e. The fourth-order valence-electron chi connectivity index (χ4n) is 5.72. The molecule has 2 aliphatic rings. The number of H-pyrrole nitrogens is 1. The summed E-state index contributed by atoms with van der Waals surface area (Å²) in [6.07, 6.45) is 11.9. The lowest BCUT2D eigenvalue weighted by atomic mass is 9.76. The van der Waals surface area contributed by atoms with Crippen molar-refractivity contribution in [3.63, 3.8) is 0 Å². The minimum absolute atomic E-state index is 0.311. The molecule has 2 aromatic carbocycles. The highest BCUT2D eigenvalue weighted by atomic mass is 15.4. The summed E-state index contributed by atoms with van der Waals surface area (Å²) in [5.74, 6) is 2.94. The zero-order valence-electron chi connectivity index (χ0n) is 20.4. The van der Waals surface area contributed by atoms with Gasteiger partial charge in [0.05, 0.1) is 24.0 Å². The van der Waals surface area contributed by atoms with Crippen molar-refractivity contribution < 1.29 is 0 Å². The zero-order valence-corrected chi connectivity index (χ0v) is 20.4. The van der Waals surface area contributed by atoms with Crippen molar-refractivity contribution >= 4 is 22.7 Å². The average Bonchev–Trinajstić information content (AvgIpc) is 3.41. The fraction of sp³-hybridized carbons (Fsp3) is 0.367. The Morgan fingerprint density at radius 2 is 2.00 bits per heavy atom. The molecule has 1 aliphatic carbocycles. The van der Waals surface area contributed by atoms with E-state index in [2.05, 4.69) is 66.3 Å². The van der Waals surface area contributed by atoms with Crippen LogP contribution >= 0.6 is 0 Å². The van der Waals surface area contributed by atoms with Crippen molar-refractivity contribution in [2.45, 2.75) is 51.5 Å². The summed E-state index contributed by atoms with van der Waals surface area (Å²) in [5, 5.41) is 10.5. The molecule has 1 saturated carbocycles. The Balaban J connectivity index is 1.60. The van der Waals surface area contributed by atoms with Gasteiger partial charge in [0, 0.05) is 46.7 Å². The van der Waals surface area contributed by atoms with E-state index in [0.717, 1.165) is 59.2 Å². The van der Waals surface area contributed by atoms with Gasteiger partial charge in [-0.25, -0.2) is 0 Å². The van der Waals surface area contributed by atoms with Gasteiger partial charge < -0.3 is 9.88 Å². The van der Waals surface area contributed by atoms with Crippen LogP contribution in [0, 0.1) is 30.6 Å². The van der Waals surface area contributed by atoms with Crippen LogP contribution in [0.4, 0.5) is 5.69 Å². The third kappa shape index (κ3) is 3.51. The summed E-state index contributed by atoms with van der Waals surface area (Å²) in [6, 6.07) is 13.3. The van der Waals surface area contributed by atoms with E-state index < -0.39 is 0 Å². The molecular weight excluding hydrogens is 416 g/mol. The maximum absolute atomic E-state index is 9.34. The minimum Gasteiger partial charge on any atom is -0.357 e. The largest absolute Gasteiger partial charge is 0.357 e. The number of hydrogen-bond acceptors (Lipinski definition) is 3. The van der Waals surface area contributed by atoms with Gasteiger partial charge in [0.2, 0.25) is 0 Å². The van der Waals surface area contributed by atoms with E-state index in [0.29, 0.717) is 5.56 Å². The van der Waals surface area contributed by atoms with Crippen LogP contribution in [-0.2, 0) is 5.41 Å². The van der Waals surface area contributed by atoms with Gasteiger partial charge in [-0.3, -0.25) is 4.90 Å². The van der Waals surface area contributed by atoms with Gasteiger partial charge in [-0.05, 0) is 60.7 Å². The number of nitrogens with one attached hydrogen (secondary N) is 1. The Bertz CT molecular complexity index is 1360. The Hall–Kier alpha value is -3.47. The maximum atomic E-state index is 9.34. The smallest absolute Gasteiger partial charge is 0.0992 e. The number of aromatic amines is 1. The van der Waals surface area contributed by atoms with Crippen LogP contribution in [0.3, 0.4) is 0 Å². The standard InChI is InChI=1S/C30H32N4/c1-6-22-16-23(7-2)28(34-14-13-33(19-34)24-9-8-10-24)17-26(22)30(4,5)29-20(3)25-12-11-21(18-31)15-27(25)32-29/h2,6,11-12,15-17,24,32H,1,8-10,13-14,19H2,3-5H3. The number of rotatable bonds is 5. The second kappa shape index (κ2) is 8.39. The summed E-state index contributed by atoms with van der Waals surface area (Å²) in [7, 11) is 0. The minimum atomic E-state index is -0.311. The van der Waals surface area contributed by atoms with Crippen molar-refractivity contribution in [1.29, 1.82) is 5.26 Å². The van der Waals surface area contributed by atoms with Crippen LogP contribution < -0.4 is 4.90 Å². The van der Waals surface area contributed by atoms with E-state index in [9.17, 15) is 5.26 Å². The number of nitriles is 1.